The second kappa shape index (κ2) is 7.10. The van der Waals surface area contributed by atoms with E-state index in [1.807, 2.05) is 6.92 Å². The summed E-state index contributed by atoms with van der Waals surface area (Å²) in [5.41, 5.74) is 0.448. The van der Waals surface area contributed by atoms with Crippen LogP contribution < -0.4 is 0 Å². The molecule has 0 unspecified atom stereocenters. The summed E-state index contributed by atoms with van der Waals surface area (Å²) in [5, 5.41) is 0. The largest absolute Gasteiger partial charge is 0.465 e. The van der Waals surface area contributed by atoms with Gasteiger partial charge in [0.15, 0.2) is 0 Å². The van der Waals surface area contributed by atoms with Crippen molar-refractivity contribution < 1.29 is 14.3 Å². The summed E-state index contributed by atoms with van der Waals surface area (Å²) in [4.78, 5) is 28.9. The Kier molecular flexibility index (Phi) is 5.77. The summed E-state index contributed by atoms with van der Waals surface area (Å²) >= 11 is 3.20. The third-order valence-electron chi connectivity index (χ3n) is 2.27. The van der Waals surface area contributed by atoms with Gasteiger partial charge in [-0.05, 0) is 41.9 Å². The Balaban J connectivity index is 2.73. The molecular formula is C12H15BrN2O3. The number of carbonyl (C=O) groups excluding carboxylic acids is 2. The van der Waals surface area contributed by atoms with E-state index in [2.05, 4.69) is 20.9 Å². The molecule has 1 aromatic heterocycles. The molecule has 0 N–H and O–H groups in total. The van der Waals surface area contributed by atoms with E-state index in [1.165, 1.54) is 11.1 Å². The number of rotatable bonds is 5. The number of halogens is 1. The summed E-state index contributed by atoms with van der Waals surface area (Å²) in [6.07, 6.45) is 1.47. The lowest BCUT2D eigenvalue weighted by Gasteiger charge is -2.19. The van der Waals surface area contributed by atoms with Gasteiger partial charge in [0, 0.05) is 12.7 Å². The smallest absolute Gasteiger partial charge is 0.325 e. The number of aromatic nitrogens is 1. The SMILES string of the molecule is CCOC(=O)CN(CC)C(=O)c1ccc(Br)nc1. The maximum absolute atomic E-state index is 12.1. The Morgan fingerprint density at radius 1 is 1.39 bits per heavy atom. The Morgan fingerprint density at radius 3 is 2.61 bits per heavy atom. The number of carbonyl (C=O) groups is 2. The Hall–Kier alpha value is -1.43. The average molecular weight is 315 g/mol. The highest BCUT2D eigenvalue weighted by Gasteiger charge is 2.18. The van der Waals surface area contributed by atoms with Crippen molar-refractivity contribution in [1.82, 2.24) is 9.88 Å². The molecule has 98 valence electrons. The van der Waals surface area contributed by atoms with Crippen molar-refractivity contribution in [2.75, 3.05) is 19.7 Å². The predicted octanol–water partition coefficient (Wildman–Crippen LogP) is 1.87. The van der Waals surface area contributed by atoms with Gasteiger partial charge in [0.2, 0.25) is 0 Å². The lowest BCUT2D eigenvalue weighted by molar-refractivity contribution is -0.143. The average Bonchev–Trinajstić information content (AvgIpc) is 2.36. The number of esters is 1. The van der Waals surface area contributed by atoms with Gasteiger partial charge in [-0.25, -0.2) is 4.98 Å². The Bertz CT molecular complexity index is 420. The summed E-state index contributed by atoms with van der Waals surface area (Å²) < 4.78 is 5.48. The molecule has 0 spiro atoms. The maximum Gasteiger partial charge on any atom is 0.325 e. The Labute approximate surface area is 114 Å². The van der Waals surface area contributed by atoms with Crippen LogP contribution in [0.5, 0.6) is 0 Å². The van der Waals surface area contributed by atoms with Gasteiger partial charge in [-0.3, -0.25) is 9.59 Å². The lowest BCUT2D eigenvalue weighted by atomic mass is 10.2. The van der Waals surface area contributed by atoms with E-state index in [0.717, 1.165) is 0 Å². The van der Waals surface area contributed by atoms with Crippen molar-refractivity contribution in [2.45, 2.75) is 13.8 Å². The number of hydrogen-bond acceptors (Lipinski definition) is 4. The second-order valence-corrected chi connectivity index (χ2v) is 4.31. The van der Waals surface area contributed by atoms with Gasteiger partial charge in [-0.2, -0.15) is 0 Å². The molecule has 1 aromatic rings. The van der Waals surface area contributed by atoms with Gasteiger partial charge < -0.3 is 9.64 Å². The molecule has 0 aliphatic heterocycles. The van der Waals surface area contributed by atoms with E-state index in [4.69, 9.17) is 4.74 Å². The van der Waals surface area contributed by atoms with E-state index >= 15 is 0 Å². The highest BCUT2D eigenvalue weighted by molar-refractivity contribution is 9.10. The molecule has 0 aliphatic rings. The predicted molar refractivity (Wildman–Crippen MR) is 70.1 cm³/mol. The van der Waals surface area contributed by atoms with E-state index in [1.54, 1.807) is 19.1 Å². The molecule has 0 fully saturated rings. The maximum atomic E-state index is 12.1. The fourth-order valence-electron chi connectivity index (χ4n) is 1.37. The Morgan fingerprint density at radius 2 is 2.11 bits per heavy atom. The minimum absolute atomic E-state index is 0.0424. The molecule has 0 saturated carbocycles. The number of pyridine rings is 1. The monoisotopic (exact) mass is 314 g/mol. The van der Waals surface area contributed by atoms with E-state index in [9.17, 15) is 9.59 Å². The minimum Gasteiger partial charge on any atom is -0.465 e. The lowest BCUT2D eigenvalue weighted by Crippen LogP contribution is -2.36. The molecular weight excluding hydrogens is 300 g/mol. The van der Waals surface area contributed by atoms with Crippen molar-refractivity contribution >= 4 is 27.8 Å². The molecule has 0 aromatic carbocycles. The van der Waals surface area contributed by atoms with Crippen LogP contribution in [0.3, 0.4) is 0 Å². The van der Waals surface area contributed by atoms with Crippen LogP contribution >= 0.6 is 15.9 Å². The van der Waals surface area contributed by atoms with Gasteiger partial charge >= 0.3 is 5.97 Å². The summed E-state index contributed by atoms with van der Waals surface area (Å²) in [6.45, 7) is 4.25. The third kappa shape index (κ3) is 4.10. The molecule has 1 heterocycles. The molecule has 1 rings (SSSR count). The van der Waals surface area contributed by atoms with Crippen LogP contribution in [-0.2, 0) is 9.53 Å². The van der Waals surface area contributed by atoms with Crippen molar-refractivity contribution in [3.8, 4) is 0 Å². The first-order valence-corrected chi connectivity index (χ1v) is 6.44. The van der Waals surface area contributed by atoms with Crippen LogP contribution in [0.25, 0.3) is 0 Å². The summed E-state index contributed by atoms with van der Waals surface area (Å²) in [7, 11) is 0. The van der Waals surface area contributed by atoms with Crippen LogP contribution in [-0.4, -0.2) is 41.5 Å². The van der Waals surface area contributed by atoms with Gasteiger partial charge in [-0.1, -0.05) is 0 Å². The molecule has 0 aliphatic carbocycles. The van der Waals surface area contributed by atoms with Gasteiger partial charge in [0.25, 0.3) is 5.91 Å². The van der Waals surface area contributed by atoms with E-state index in [0.29, 0.717) is 23.3 Å². The standard InChI is InChI=1S/C12H15BrN2O3/c1-3-15(8-11(16)18-4-2)12(17)9-5-6-10(13)14-7-9/h5-7H,3-4,8H2,1-2H3. The molecule has 0 atom stereocenters. The fraction of sp³-hybridized carbons (Fsp3) is 0.417. The zero-order valence-electron chi connectivity index (χ0n) is 10.4. The van der Waals surface area contributed by atoms with E-state index < -0.39 is 5.97 Å². The van der Waals surface area contributed by atoms with Crippen LogP contribution in [0.15, 0.2) is 22.9 Å². The molecule has 5 nitrogen and oxygen atoms in total. The van der Waals surface area contributed by atoms with Crippen LogP contribution in [0, 0.1) is 0 Å². The van der Waals surface area contributed by atoms with Crippen molar-refractivity contribution in [1.29, 1.82) is 0 Å². The number of ether oxygens (including phenoxy) is 1. The molecule has 1 amide bonds. The third-order valence-corrected chi connectivity index (χ3v) is 2.74. The first-order valence-electron chi connectivity index (χ1n) is 5.65. The van der Waals surface area contributed by atoms with Crippen molar-refractivity contribution in [3.05, 3.63) is 28.5 Å². The number of likely N-dealkylation sites (N-methyl/N-ethyl adjacent to an activating group) is 1. The van der Waals surface area contributed by atoms with E-state index in [-0.39, 0.29) is 12.5 Å². The molecule has 18 heavy (non-hydrogen) atoms. The van der Waals surface area contributed by atoms with Gasteiger partial charge in [-0.15, -0.1) is 0 Å². The normalized spacial score (nSPS) is 9.94. The molecule has 0 saturated heterocycles. The zero-order valence-corrected chi connectivity index (χ0v) is 11.9. The fourth-order valence-corrected chi connectivity index (χ4v) is 1.61. The second-order valence-electron chi connectivity index (χ2n) is 3.49. The number of hydrogen-bond donors (Lipinski definition) is 0. The zero-order chi connectivity index (χ0) is 13.5. The quantitative estimate of drug-likeness (QED) is 0.615. The molecule has 0 bridgehead atoms. The number of nitrogens with zero attached hydrogens (tertiary/aromatic N) is 2. The van der Waals surface area contributed by atoms with Crippen LogP contribution in [0.1, 0.15) is 24.2 Å². The van der Waals surface area contributed by atoms with Gasteiger partial charge in [0.05, 0.1) is 12.2 Å². The highest BCUT2D eigenvalue weighted by Crippen LogP contribution is 2.09. The van der Waals surface area contributed by atoms with Crippen molar-refractivity contribution in [3.63, 3.8) is 0 Å². The van der Waals surface area contributed by atoms with Gasteiger partial charge in [0.1, 0.15) is 11.1 Å². The highest BCUT2D eigenvalue weighted by atomic mass is 79.9. The van der Waals surface area contributed by atoms with Crippen LogP contribution in [0.4, 0.5) is 0 Å². The number of amides is 1. The minimum atomic E-state index is -0.405. The first-order chi connectivity index (χ1) is 8.58. The first kappa shape index (κ1) is 14.6. The topological polar surface area (TPSA) is 59.5 Å². The summed E-state index contributed by atoms with van der Waals surface area (Å²) in [5.74, 6) is -0.636. The van der Waals surface area contributed by atoms with Crippen molar-refractivity contribution in [2.24, 2.45) is 0 Å². The molecule has 0 radical (unpaired) electrons. The molecule has 6 heteroatoms. The summed E-state index contributed by atoms with van der Waals surface area (Å²) in [6, 6.07) is 3.35. The van der Waals surface area contributed by atoms with Crippen LogP contribution in [0.2, 0.25) is 0 Å².